The molecule has 2 rings (SSSR count). The van der Waals surface area contributed by atoms with Crippen molar-refractivity contribution in [1.29, 1.82) is 0 Å². The maximum absolute atomic E-state index is 11.5. The van der Waals surface area contributed by atoms with Gasteiger partial charge in [-0.15, -0.1) is 0 Å². The van der Waals surface area contributed by atoms with Crippen LogP contribution in [0.15, 0.2) is 29.2 Å². The van der Waals surface area contributed by atoms with Gasteiger partial charge >= 0.3 is 0 Å². The fourth-order valence-electron chi connectivity index (χ4n) is 2.11. The van der Waals surface area contributed by atoms with Crippen LogP contribution in [0, 0.1) is 0 Å². The summed E-state index contributed by atoms with van der Waals surface area (Å²) >= 11 is 0. The van der Waals surface area contributed by atoms with Crippen molar-refractivity contribution in [1.82, 2.24) is 5.32 Å². The predicted molar refractivity (Wildman–Crippen MR) is 70.7 cm³/mol. The summed E-state index contributed by atoms with van der Waals surface area (Å²) in [6.45, 7) is 3.94. The Morgan fingerprint density at radius 2 is 1.94 bits per heavy atom. The van der Waals surface area contributed by atoms with E-state index in [0.717, 1.165) is 25.9 Å². The monoisotopic (exact) mass is 269 g/mol. The zero-order valence-electron chi connectivity index (χ0n) is 10.8. The Kier molecular flexibility index (Phi) is 3.64. The fourth-order valence-corrected chi connectivity index (χ4v) is 2.77. The number of rotatable bonds is 3. The van der Waals surface area contributed by atoms with Gasteiger partial charge in [-0.2, -0.15) is 0 Å². The molecule has 1 N–H and O–H groups in total. The van der Waals surface area contributed by atoms with E-state index in [-0.39, 0.29) is 5.60 Å². The van der Waals surface area contributed by atoms with Gasteiger partial charge < -0.3 is 10.1 Å². The standard InChI is InChI=1S/C13H19NO3S/c1-13(6-8-14-9-7-13)17-11-4-3-5-12(10-11)18(2,15)16/h3-5,10,14H,6-9H2,1-2H3. The molecular weight excluding hydrogens is 250 g/mol. The smallest absolute Gasteiger partial charge is 0.175 e. The zero-order valence-corrected chi connectivity index (χ0v) is 11.6. The lowest BCUT2D eigenvalue weighted by molar-refractivity contribution is 0.0553. The summed E-state index contributed by atoms with van der Waals surface area (Å²) in [5.74, 6) is 0.627. The van der Waals surface area contributed by atoms with Gasteiger partial charge in [0.1, 0.15) is 11.4 Å². The van der Waals surface area contributed by atoms with Crippen molar-refractivity contribution in [3.8, 4) is 5.75 Å². The fraction of sp³-hybridized carbons (Fsp3) is 0.538. The molecule has 0 radical (unpaired) electrons. The SMILES string of the molecule is CC1(Oc2cccc(S(C)(=O)=O)c2)CCNCC1. The minimum Gasteiger partial charge on any atom is -0.487 e. The summed E-state index contributed by atoms with van der Waals surface area (Å²) in [6, 6.07) is 6.72. The lowest BCUT2D eigenvalue weighted by atomic mass is 9.94. The molecule has 0 unspecified atom stereocenters. The number of nitrogens with one attached hydrogen (secondary N) is 1. The maximum Gasteiger partial charge on any atom is 0.175 e. The highest BCUT2D eigenvalue weighted by atomic mass is 32.2. The van der Waals surface area contributed by atoms with Gasteiger partial charge in [-0.1, -0.05) is 6.07 Å². The molecule has 0 saturated carbocycles. The Labute approximate surface area is 108 Å². The normalized spacial score (nSPS) is 19.4. The number of hydrogen-bond acceptors (Lipinski definition) is 4. The molecule has 1 aromatic rings. The van der Waals surface area contributed by atoms with Gasteiger partial charge in [0.2, 0.25) is 0 Å². The largest absolute Gasteiger partial charge is 0.487 e. The first-order valence-corrected chi connectivity index (χ1v) is 7.98. The highest BCUT2D eigenvalue weighted by Gasteiger charge is 2.28. The summed E-state index contributed by atoms with van der Waals surface area (Å²) in [5.41, 5.74) is -0.207. The maximum atomic E-state index is 11.5. The van der Waals surface area contributed by atoms with Crippen molar-refractivity contribution in [2.75, 3.05) is 19.3 Å². The third-order valence-corrected chi connectivity index (χ3v) is 4.37. The number of hydrogen-bond donors (Lipinski definition) is 1. The topological polar surface area (TPSA) is 55.4 Å². The van der Waals surface area contributed by atoms with Crippen LogP contribution in [0.4, 0.5) is 0 Å². The van der Waals surface area contributed by atoms with Crippen LogP contribution >= 0.6 is 0 Å². The Bertz CT molecular complexity index is 519. The van der Waals surface area contributed by atoms with Crippen molar-refractivity contribution in [3.63, 3.8) is 0 Å². The van der Waals surface area contributed by atoms with Crippen LogP contribution in [0.2, 0.25) is 0 Å². The lowest BCUT2D eigenvalue weighted by Crippen LogP contribution is -2.43. The summed E-state index contributed by atoms with van der Waals surface area (Å²) < 4.78 is 29.0. The van der Waals surface area contributed by atoms with Crippen molar-refractivity contribution >= 4 is 9.84 Å². The van der Waals surface area contributed by atoms with E-state index in [1.54, 1.807) is 18.2 Å². The van der Waals surface area contributed by atoms with Crippen LogP contribution in [0.1, 0.15) is 19.8 Å². The minimum absolute atomic E-state index is 0.207. The summed E-state index contributed by atoms with van der Waals surface area (Å²) in [5, 5.41) is 3.29. The quantitative estimate of drug-likeness (QED) is 0.906. The van der Waals surface area contributed by atoms with Gasteiger partial charge in [0.05, 0.1) is 4.90 Å². The first-order chi connectivity index (χ1) is 8.39. The Balaban J connectivity index is 2.19. The number of sulfone groups is 1. The zero-order chi connectivity index (χ0) is 13.2. The number of ether oxygens (including phenoxy) is 1. The average Bonchev–Trinajstić information content (AvgIpc) is 2.28. The van der Waals surface area contributed by atoms with Crippen LogP contribution in [0.3, 0.4) is 0 Å². The molecule has 0 aliphatic carbocycles. The van der Waals surface area contributed by atoms with E-state index in [2.05, 4.69) is 12.2 Å². The molecule has 1 heterocycles. The second kappa shape index (κ2) is 4.90. The van der Waals surface area contributed by atoms with E-state index in [1.807, 2.05) is 6.07 Å². The molecule has 0 bridgehead atoms. The Morgan fingerprint density at radius 1 is 1.28 bits per heavy atom. The van der Waals surface area contributed by atoms with E-state index < -0.39 is 9.84 Å². The number of piperidine rings is 1. The molecule has 1 aliphatic rings. The predicted octanol–water partition coefficient (Wildman–Crippen LogP) is 1.61. The van der Waals surface area contributed by atoms with Crippen LogP contribution < -0.4 is 10.1 Å². The molecule has 1 aliphatic heterocycles. The van der Waals surface area contributed by atoms with E-state index >= 15 is 0 Å². The van der Waals surface area contributed by atoms with Crippen LogP contribution in [-0.2, 0) is 9.84 Å². The van der Waals surface area contributed by atoms with Crippen LogP contribution in [0.25, 0.3) is 0 Å². The lowest BCUT2D eigenvalue weighted by Gasteiger charge is -2.34. The first kappa shape index (κ1) is 13.4. The third kappa shape index (κ3) is 3.23. The molecule has 5 heteroatoms. The molecule has 100 valence electrons. The van der Waals surface area contributed by atoms with Gasteiger partial charge in [0.25, 0.3) is 0 Å². The summed E-state index contributed by atoms with van der Waals surface area (Å²) in [7, 11) is -3.18. The highest BCUT2D eigenvalue weighted by Crippen LogP contribution is 2.27. The molecule has 0 spiro atoms. The molecule has 0 atom stereocenters. The van der Waals surface area contributed by atoms with Crippen LogP contribution in [-0.4, -0.2) is 33.4 Å². The third-order valence-electron chi connectivity index (χ3n) is 3.26. The molecule has 0 amide bonds. The van der Waals surface area contributed by atoms with Crippen molar-refractivity contribution in [2.45, 2.75) is 30.3 Å². The van der Waals surface area contributed by atoms with E-state index in [0.29, 0.717) is 10.6 Å². The van der Waals surface area contributed by atoms with E-state index in [1.165, 1.54) is 6.26 Å². The van der Waals surface area contributed by atoms with Crippen LogP contribution in [0.5, 0.6) is 5.75 Å². The van der Waals surface area contributed by atoms with Gasteiger partial charge in [-0.3, -0.25) is 0 Å². The first-order valence-electron chi connectivity index (χ1n) is 6.09. The van der Waals surface area contributed by atoms with E-state index in [9.17, 15) is 8.42 Å². The van der Waals surface area contributed by atoms with Crippen molar-refractivity contribution < 1.29 is 13.2 Å². The molecule has 0 aromatic heterocycles. The van der Waals surface area contributed by atoms with Gasteiger partial charge in [0, 0.05) is 6.26 Å². The van der Waals surface area contributed by atoms with Crippen molar-refractivity contribution in [2.24, 2.45) is 0 Å². The van der Waals surface area contributed by atoms with Crippen molar-refractivity contribution in [3.05, 3.63) is 24.3 Å². The molecular formula is C13H19NO3S. The second-order valence-electron chi connectivity index (χ2n) is 5.05. The van der Waals surface area contributed by atoms with Gasteiger partial charge in [-0.25, -0.2) is 8.42 Å². The van der Waals surface area contributed by atoms with E-state index in [4.69, 9.17) is 4.74 Å². The summed E-state index contributed by atoms with van der Waals surface area (Å²) in [4.78, 5) is 0.303. The van der Waals surface area contributed by atoms with Gasteiger partial charge in [0.15, 0.2) is 9.84 Å². The minimum atomic E-state index is -3.18. The van der Waals surface area contributed by atoms with Gasteiger partial charge in [-0.05, 0) is 51.1 Å². The second-order valence-corrected chi connectivity index (χ2v) is 7.06. The Morgan fingerprint density at radius 3 is 2.56 bits per heavy atom. The highest BCUT2D eigenvalue weighted by molar-refractivity contribution is 7.90. The molecule has 1 saturated heterocycles. The molecule has 1 aromatic carbocycles. The molecule has 4 nitrogen and oxygen atoms in total. The number of benzene rings is 1. The average molecular weight is 269 g/mol. The Hall–Kier alpha value is -1.07. The molecule has 1 fully saturated rings. The summed E-state index contributed by atoms with van der Waals surface area (Å²) in [6.07, 6.45) is 3.06. The molecule has 18 heavy (non-hydrogen) atoms.